The van der Waals surface area contributed by atoms with Gasteiger partial charge >= 0.3 is 12.1 Å². The van der Waals surface area contributed by atoms with Gasteiger partial charge in [-0.2, -0.15) is 0 Å². The third-order valence-electron chi connectivity index (χ3n) is 4.55. The second-order valence-corrected chi connectivity index (χ2v) is 7.19. The second kappa shape index (κ2) is 5.26. The maximum atomic E-state index is 12.1. The third-order valence-corrected chi connectivity index (χ3v) is 4.55. The fourth-order valence-electron chi connectivity index (χ4n) is 3.93. The number of ether oxygens (including phenoxy) is 1. The molecule has 2 saturated carbocycles. The highest BCUT2D eigenvalue weighted by molar-refractivity contribution is 5.73. The van der Waals surface area contributed by atoms with Crippen LogP contribution in [0.1, 0.15) is 59.3 Å². The number of hydrogen-bond donors (Lipinski definition) is 2. The van der Waals surface area contributed by atoms with Gasteiger partial charge in [-0.25, -0.2) is 4.79 Å². The van der Waals surface area contributed by atoms with Crippen LogP contribution >= 0.6 is 0 Å². The Hall–Kier alpha value is -1.26. The van der Waals surface area contributed by atoms with E-state index in [4.69, 9.17) is 4.74 Å². The van der Waals surface area contributed by atoms with Gasteiger partial charge in [0.1, 0.15) is 5.60 Å². The molecule has 0 aliphatic heterocycles. The molecule has 0 bridgehead atoms. The highest BCUT2D eigenvalue weighted by Gasteiger charge is 2.52. The van der Waals surface area contributed by atoms with Gasteiger partial charge in [0.05, 0.1) is 12.0 Å². The molecule has 2 aliphatic rings. The molecule has 3 unspecified atom stereocenters. The van der Waals surface area contributed by atoms with Crippen molar-refractivity contribution < 1.29 is 19.4 Å². The summed E-state index contributed by atoms with van der Waals surface area (Å²) in [5, 5.41) is 12.1. The van der Waals surface area contributed by atoms with E-state index in [1.165, 1.54) is 0 Å². The number of carboxylic acids is 1. The van der Waals surface area contributed by atoms with Gasteiger partial charge in [0.2, 0.25) is 0 Å². The summed E-state index contributed by atoms with van der Waals surface area (Å²) in [6, 6.07) is 0. The molecular weight excluding hydrogens is 258 g/mol. The summed E-state index contributed by atoms with van der Waals surface area (Å²) in [4.78, 5) is 23.3. The van der Waals surface area contributed by atoms with Crippen LogP contribution in [0.4, 0.5) is 4.79 Å². The highest BCUT2D eigenvalue weighted by Crippen LogP contribution is 2.51. The molecule has 0 aromatic rings. The molecule has 5 nitrogen and oxygen atoms in total. The number of aliphatic carboxylic acids is 1. The van der Waals surface area contributed by atoms with Crippen LogP contribution in [0.25, 0.3) is 0 Å². The minimum absolute atomic E-state index is 0.00654. The quantitative estimate of drug-likeness (QED) is 0.835. The minimum Gasteiger partial charge on any atom is -0.481 e. The fraction of sp³-hybridized carbons (Fsp3) is 0.867. The van der Waals surface area contributed by atoms with E-state index in [0.29, 0.717) is 5.92 Å². The van der Waals surface area contributed by atoms with Crippen molar-refractivity contribution in [1.82, 2.24) is 5.32 Å². The minimum atomic E-state index is -0.853. The predicted octanol–water partition coefficient (Wildman–Crippen LogP) is 2.93. The van der Waals surface area contributed by atoms with E-state index in [1.54, 1.807) is 0 Å². The number of alkyl carbamates (subject to hydrolysis) is 1. The Morgan fingerprint density at radius 1 is 1.30 bits per heavy atom. The second-order valence-electron chi connectivity index (χ2n) is 7.19. The number of nitrogens with one attached hydrogen (secondary N) is 1. The van der Waals surface area contributed by atoms with Crippen molar-refractivity contribution in [3.63, 3.8) is 0 Å². The SMILES string of the molecule is CC(C)(C)OC(=O)NC1(CC(=O)O)CCC2CCCC21. The van der Waals surface area contributed by atoms with E-state index in [1.807, 2.05) is 20.8 Å². The average Bonchev–Trinajstić information content (AvgIpc) is 2.79. The van der Waals surface area contributed by atoms with Crippen LogP contribution in [0.5, 0.6) is 0 Å². The number of hydrogen-bond acceptors (Lipinski definition) is 3. The van der Waals surface area contributed by atoms with Gasteiger partial charge in [0.15, 0.2) is 0 Å². The lowest BCUT2D eigenvalue weighted by Gasteiger charge is -2.35. The van der Waals surface area contributed by atoms with Crippen LogP contribution in [0.15, 0.2) is 0 Å². The monoisotopic (exact) mass is 283 g/mol. The molecule has 0 aromatic carbocycles. The first-order chi connectivity index (χ1) is 9.22. The Bertz CT molecular complexity index is 401. The van der Waals surface area contributed by atoms with Crippen molar-refractivity contribution in [3.05, 3.63) is 0 Å². The van der Waals surface area contributed by atoms with Crippen molar-refractivity contribution in [3.8, 4) is 0 Å². The summed E-state index contributed by atoms with van der Waals surface area (Å²) >= 11 is 0. The van der Waals surface area contributed by atoms with Crippen molar-refractivity contribution >= 4 is 12.1 Å². The molecule has 0 spiro atoms. The Labute approximate surface area is 120 Å². The zero-order valence-corrected chi connectivity index (χ0v) is 12.6. The lowest BCUT2D eigenvalue weighted by Crippen LogP contribution is -2.53. The largest absolute Gasteiger partial charge is 0.481 e. The number of carbonyl (C=O) groups is 2. The molecule has 114 valence electrons. The zero-order valence-electron chi connectivity index (χ0n) is 12.6. The lowest BCUT2D eigenvalue weighted by molar-refractivity contribution is -0.139. The topological polar surface area (TPSA) is 75.6 Å². The molecule has 5 heteroatoms. The molecule has 0 saturated heterocycles. The Kier molecular flexibility index (Phi) is 3.98. The van der Waals surface area contributed by atoms with Crippen LogP contribution in [0, 0.1) is 11.8 Å². The van der Waals surface area contributed by atoms with Gasteiger partial charge in [-0.15, -0.1) is 0 Å². The van der Waals surface area contributed by atoms with E-state index in [0.717, 1.165) is 32.1 Å². The van der Waals surface area contributed by atoms with E-state index in [2.05, 4.69) is 5.32 Å². The van der Waals surface area contributed by atoms with Crippen LogP contribution in [-0.4, -0.2) is 28.3 Å². The molecule has 2 N–H and O–H groups in total. The van der Waals surface area contributed by atoms with Crippen molar-refractivity contribution in [2.24, 2.45) is 11.8 Å². The number of amides is 1. The summed E-state index contributed by atoms with van der Waals surface area (Å²) in [6.45, 7) is 5.43. The van der Waals surface area contributed by atoms with Crippen LogP contribution < -0.4 is 5.32 Å². The maximum absolute atomic E-state index is 12.1. The van der Waals surface area contributed by atoms with Gasteiger partial charge in [0.25, 0.3) is 0 Å². The summed E-state index contributed by atoms with van der Waals surface area (Å²) in [7, 11) is 0. The Morgan fingerprint density at radius 3 is 2.60 bits per heavy atom. The highest BCUT2D eigenvalue weighted by atomic mass is 16.6. The first-order valence-electron chi connectivity index (χ1n) is 7.45. The van der Waals surface area contributed by atoms with Gasteiger partial charge in [-0.3, -0.25) is 4.79 Å². The normalized spacial score (nSPS) is 32.8. The molecule has 2 rings (SSSR count). The van der Waals surface area contributed by atoms with Gasteiger partial charge in [0, 0.05) is 0 Å². The Morgan fingerprint density at radius 2 is 2.00 bits per heavy atom. The predicted molar refractivity (Wildman–Crippen MR) is 74.4 cm³/mol. The molecular formula is C15H25NO4. The number of rotatable bonds is 3. The fourth-order valence-corrected chi connectivity index (χ4v) is 3.93. The summed E-state index contributed by atoms with van der Waals surface area (Å²) < 4.78 is 5.31. The number of fused-ring (bicyclic) bond motifs is 1. The summed E-state index contributed by atoms with van der Waals surface area (Å²) in [5.41, 5.74) is -1.18. The standard InChI is InChI=1S/C15H25NO4/c1-14(2,3)20-13(19)16-15(9-12(17)18)8-7-10-5-4-6-11(10)15/h10-11H,4-9H2,1-3H3,(H,16,19)(H,17,18). The Balaban J connectivity index is 2.12. The third kappa shape index (κ3) is 3.25. The van der Waals surface area contributed by atoms with Crippen LogP contribution in [0.3, 0.4) is 0 Å². The van der Waals surface area contributed by atoms with E-state index >= 15 is 0 Å². The van der Waals surface area contributed by atoms with Crippen molar-refractivity contribution in [2.45, 2.75) is 70.4 Å². The molecule has 20 heavy (non-hydrogen) atoms. The van der Waals surface area contributed by atoms with E-state index in [9.17, 15) is 14.7 Å². The first-order valence-corrected chi connectivity index (χ1v) is 7.45. The van der Waals surface area contributed by atoms with Crippen LogP contribution in [-0.2, 0) is 9.53 Å². The first kappa shape index (κ1) is 15.1. The van der Waals surface area contributed by atoms with E-state index in [-0.39, 0.29) is 12.3 Å². The molecule has 3 atom stereocenters. The van der Waals surface area contributed by atoms with Crippen molar-refractivity contribution in [2.75, 3.05) is 0 Å². The van der Waals surface area contributed by atoms with Gasteiger partial charge in [-0.05, 0) is 51.9 Å². The average molecular weight is 283 g/mol. The molecule has 0 aromatic heterocycles. The van der Waals surface area contributed by atoms with Gasteiger partial charge < -0.3 is 15.2 Å². The molecule has 2 aliphatic carbocycles. The van der Waals surface area contributed by atoms with E-state index < -0.39 is 23.2 Å². The van der Waals surface area contributed by atoms with Crippen LogP contribution in [0.2, 0.25) is 0 Å². The van der Waals surface area contributed by atoms with Crippen molar-refractivity contribution in [1.29, 1.82) is 0 Å². The summed E-state index contributed by atoms with van der Waals surface area (Å²) in [6.07, 6.45) is 4.55. The maximum Gasteiger partial charge on any atom is 0.408 e. The molecule has 0 radical (unpaired) electrons. The lowest BCUT2D eigenvalue weighted by atomic mass is 9.81. The number of carbonyl (C=O) groups excluding carboxylic acids is 1. The zero-order chi connectivity index (χ0) is 15.0. The molecule has 2 fully saturated rings. The number of carboxylic acid groups (broad SMARTS) is 1. The van der Waals surface area contributed by atoms with Gasteiger partial charge in [-0.1, -0.05) is 12.8 Å². The smallest absolute Gasteiger partial charge is 0.408 e. The molecule has 0 heterocycles. The summed E-state index contributed by atoms with van der Waals surface area (Å²) in [5.74, 6) is -0.0102. The molecule has 1 amide bonds.